The van der Waals surface area contributed by atoms with E-state index in [0.29, 0.717) is 16.6 Å². The van der Waals surface area contributed by atoms with E-state index in [-0.39, 0.29) is 17.6 Å². The molecule has 1 aromatic heterocycles. The van der Waals surface area contributed by atoms with Crippen LogP contribution in [0.25, 0.3) is 0 Å². The van der Waals surface area contributed by atoms with Crippen molar-refractivity contribution in [3.8, 4) is 5.88 Å². The Balaban J connectivity index is 1.63. The standard InChI is InChI=1S/C16H22ClN3O3/c1-11(2)23-14-13(7-12(17)8-18-14)19-15(21)20-9-16(10-20)3-5-22-6-4-16/h7-8,11H,3-6,9-10H2,1-2H3,(H,19,21). The van der Waals surface area contributed by atoms with E-state index < -0.39 is 0 Å². The van der Waals surface area contributed by atoms with E-state index in [1.165, 1.54) is 6.20 Å². The van der Waals surface area contributed by atoms with Crippen LogP contribution >= 0.6 is 11.6 Å². The summed E-state index contributed by atoms with van der Waals surface area (Å²) in [5.74, 6) is 0.388. The van der Waals surface area contributed by atoms with Crippen molar-refractivity contribution in [1.29, 1.82) is 0 Å². The Hall–Kier alpha value is -1.53. The predicted octanol–water partition coefficient (Wildman–Crippen LogP) is 3.17. The number of likely N-dealkylation sites (tertiary alicyclic amines) is 1. The maximum absolute atomic E-state index is 12.4. The largest absolute Gasteiger partial charge is 0.473 e. The monoisotopic (exact) mass is 339 g/mol. The quantitative estimate of drug-likeness (QED) is 0.918. The lowest BCUT2D eigenvalue weighted by atomic mass is 9.73. The normalized spacial score (nSPS) is 19.6. The fraction of sp³-hybridized carbons (Fsp3) is 0.625. The smallest absolute Gasteiger partial charge is 0.322 e. The molecule has 0 aliphatic carbocycles. The van der Waals surface area contributed by atoms with E-state index in [4.69, 9.17) is 21.1 Å². The zero-order valence-corrected chi connectivity index (χ0v) is 14.2. The molecule has 2 saturated heterocycles. The summed E-state index contributed by atoms with van der Waals surface area (Å²) in [6.45, 7) is 6.95. The van der Waals surface area contributed by atoms with Gasteiger partial charge in [0.15, 0.2) is 0 Å². The van der Waals surface area contributed by atoms with Crippen molar-refractivity contribution in [2.24, 2.45) is 5.41 Å². The molecule has 0 bridgehead atoms. The number of urea groups is 1. The van der Waals surface area contributed by atoms with Crippen molar-refractivity contribution in [1.82, 2.24) is 9.88 Å². The molecule has 23 heavy (non-hydrogen) atoms. The Bertz CT molecular complexity index is 580. The summed E-state index contributed by atoms with van der Waals surface area (Å²) in [6.07, 6.45) is 3.53. The van der Waals surface area contributed by atoms with Gasteiger partial charge in [0.25, 0.3) is 0 Å². The zero-order valence-electron chi connectivity index (χ0n) is 13.5. The molecule has 3 rings (SSSR count). The van der Waals surface area contributed by atoms with Crippen LogP contribution in [-0.4, -0.2) is 48.3 Å². The lowest BCUT2D eigenvalue weighted by molar-refractivity contribution is -0.0596. The van der Waals surface area contributed by atoms with Crippen LogP contribution in [0.15, 0.2) is 12.3 Å². The number of nitrogens with one attached hydrogen (secondary N) is 1. The SMILES string of the molecule is CC(C)Oc1ncc(Cl)cc1NC(=O)N1CC2(CCOCC2)C1. The van der Waals surface area contributed by atoms with Gasteiger partial charge >= 0.3 is 6.03 Å². The first-order valence-corrected chi connectivity index (χ1v) is 8.31. The molecule has 0 aromatic carbocycles. The summed E-state index contributed by atoms with van der Waals surface area (Å²) < 4.78 is 11.0. The first-order chi connectivity index (χ1) is 11.0. The molecule has 126 valence electrons. The van der Waals surface area contributed by atoms with Gasteiger partial charge in [0, 0.05) is 37.9 Å². The van der Waals surface area contributed by atoms with Gasteiger partial charge in [0.05, 0.1) is 11.1 Å². The summed E-state index contributed by atoms with van der Waals surface area (Å²) in [6, 6.07) is 1.52. The number of anilines is 1. The Morgan fingerprint density at radius 2 is 2.13 bits per heavy atom. The van der Waals surface area contributed by atoms with Gasteiger partial charge in [-0.25, -0.2) is 9.78 Å². The minimum Gasteiger partial charge on any atom is -0.473 e. The molecule has 2 aliphatic rings. The first kappa shape index (κ1) is 16.3. The van der Waals surface area contributed by atoms with E-state index in [0.717, 1.165) is 39.1 Å². The van der Waals surface area contributed by atoms with Crippen molar-refractivity contribution in [2.45, 2.75) is 32.8 Å². The molecular weight excluding hydrogens is 318 g/mol. The predicted molar refractivity (Wildman–Crippen MR) is 88.1 cm³/mol. The third-order valence-electron chi connectivity index (χ3n) is 4.30. The number of hydrogen-bond acceptors (Lipinski definition) is 4. The second-order valence-electron chi connectivity index (χ2n) is 6.57. The first-order valence-electron chi connectivity index (χ1n) is 7.93. The van der Waals surface area contributed by atoms with Crippen LogP contribution in [0, 0.1) is 5.41 Å². The molecule has 2 aliphatic heterocycles. The lowest BCUT2D eigenvalue weighted by Gasteiger charge is -2.51. The fourth-order valence-electron chi connectivity index (χ4n) is 3.06. The van der Waals surface area contributed by atoms with Crippen LogP contribution in [0.3, 0.4) is 0 Å². The zero-order chi connectivity index (χ0) is 16.4. The molecule has 0 saturated carbocycles. The molecule has 3 heterocycles. The van der Waals surface area contributed by atoms with Gasteiger partial charge < -0.3 is 19.7 Å². The van der Waals surface area contributed by atoms with E-state index in [9.17, 15) is 4.79 Å². The number of amides is 2. The average Bonchev–Trinajstić information content (AvgIpc) is 2.48. The van der Waals surface area contributed by atoms with Gasteiger partial charge in [-0.15, -0.1) is 0 Å². The highest BCUT2D eigenvalue weighted by Gasteiger charge is 2.45. The number of nitrogens with zero attached hydrogens (tertiary/aromatic N) is 2. The Kier molecular flexibility index (Phi) is 4.64. The minimum atomic E-state index is -0.139. The van der Waals surface area contributed by atoms with Crippen LogP contribution < -0.4 is 10.1 Å². The average molecular weight is 340 g/mol. The Labute approximate surface area is 141 Å². The summed E-state index contributed by atoms with van der Waals surface area (Å²) in [5, 5.41) is 3.32. The van der Waals surface area contributed by atoms with Gasteiger partial charge in [0.1, 0.15) is 5.69 Å². The number of aromatic nitrogens is 1. The molecule has 1 aromatic rings. The molecule has 1 N–H and O–H groups in total. The van der Waals surface area contributed by atoms with Crippen molar-refractivity contribution < 1.29 is 14.3 Å². The number of rotatable bonds is 3. The van der Waals surface area contributed by atoms with Gasteiger partial charge in [-0.2, -0.15) is 0 Å². The Morgan fingerprint density at radius 1 is 1.43 bits per heavy atom. The molecule has 1 spiro atoms. The summed E-state index contributed by atoms with van der Waals surface area (Å²) in [7, 11) is 0. The van der Waals surface area contributed by atoms with Crippen molar-refractivity contribution in [3.05, 3.63) is 17.3 Å². The van der Waals surface area contributed by atoms with Crippen molar-refractivity contribution in [3.63, 3.8) is 0 Å². The number of pyridine rings is 1. The third-order valence-corrected chi connectivity index (χ3v) is 4.51. The molecule has 2 fully saturated rings. The highest BCUT2D eigenvalue weighted by Crippen LogP contribution is 2.40. The number of hydrogen-bond donors (Lipinski definition) is 1. The second-order valence-corrected chi connectivity index (χ2v) is 7.01. The lowest BCUT2D eigenvalue weighted by Crippen LogP contribution is -2.61. The van der Waals surface area contributed by atoms with E-state index in [2.05, 4.69) is 10.3 Å². The summed E-state index contributed by atoms with van der Waals surface area (Å²) in [5.41, 5.74) is 0.753. The molecular formula is C16H22ClN3O3. The van der Waals surface area contributed by atoms with Gasteiger partial charge in [-0.1, -0.05) is 11.6 Å². The van der Waals surface area contributed by atoms with Crippen LogP contribution in [0.1, 0.15) is 26.7 Å². The van der Waals surface area contributed by atoms with Crippen LogP contribution in [0.2, 0.25) is 5.02 Å². The minimum absolute atomic E-state index is 0.0335. The van der Waals surface area contributed by atoms with Crippen LogP contribution in [0.4, 0.5) is 10.5 Å². The van der Waals surface area contributed by atoms with Gasteiger partial charge in [-0.05, 0) is 32.8 Å². The second kappa shape index (κ2) is 6.53. The van der Waals surface area contributed by atoms with Crippen LogP contribution in [0.5, 0.6) is 5.88 Å². The van der Waals surface area contributed by atoms with E-state index in [1.54, 1.807) is 6.07 Å². The molecule has 2 amide bonds. The molecule has 0 unspecified atom stereocenters. The Morgan fingerprint density at radius 3 is 2.78 bits per heavy atom. The fourth-order valence-corrected chi connectivity index (χ4v) is 3.21. The number of carbonyl (C=O) groups is 1. The maximum atomic E-state index is 12.4. The molecule has 0 atom stereocenters. The maximum Gasteiger partial charge on any atom is 0.322 e. The van der Waals surface area contributed by atoms with Crippen molar-refractivity contribution >= 4 is 23.3 Å². The van der Waals surface area contributed by atoms with Gasteiger partial charge in [0.2, 0.25) is 5.88 Å². The number of ether oxygens (including phenoxy) is 2. The van der Waals surface area contributed by atoms with Crippen molar-refractivity contribution in [2.75, 3.05) is 31.6 Å². The topological polar surface area (TPSA) is 63.7 Å². The molecule has 0 radical (unpaired) electrons. The summed E-state index contributed by atoms with van der Waals surface area (Å²) >= 11 is 5.98. The summed E-state index contributed by atoms with van der Waals surface area (Å²) in [4.78, 5) is 18.4. The van der Waals surface area contributed by atoms with E-state index in [1.807, 2.05) is 18.7 Å². The van der Waals surface area contributed by atoms with E-state index >= 15 is 0 Å². The highest BCUT2D eigenvalue weighted by atomic mass is 35.5. The highest BCUT2D eigenvalue weighted by molar-refractivity contribution is 6.30. The van der Waals surface area contributed by atoms with Gasteiger partial charge in [-0.3, -0.25) is 0 Å². The molecule has 6 nitrogen and oxygen atoms in total. The third kappa shape index (κ3) is 3.70. The number of carbonyl (C=O) groups excluding carboxylic acids is 1. The molecule has 7 heteroatoms. The van der Waals surface area contributed by atoms with Crippen LogP contribution in [-0.2, 0) is 4.74 Å². The number of halogens is 1.